The molecule has 0 spiro atoms. The van der Waals surface area contributed by atoms with Crippen LogP contribution in [0.25, 0.3) is 0 Å². The summed E-state index contributed by atoms with van der Waals surface area (Å²) in [7, 11) is 0. The van der Waals surface area contributed by atoms with Crippen molar-refractivity contribution in [1.82, 2.24) is 9.97 Å². The number of ether oxygens (including phenoxy) is 1. The molecule has 1 amide bonds. The predicted molar refractivity (Wildman–Crippen MR) is 100 cm³/mol. The number of hydrogen-bond acceptors (Lipinski definition) is 5. The van der Waals surface area contributed by atoms with Crippen molar-refractivity contribution >= 4 is 11.7 Å². The van der Waals surface area contributed by atoms with Gasteiger partial charge in [-0.25, -0.2) is 9.97 Å². The lowest BCUT2D eigenvalue weighted by Crippen LogP contribution is -2.22. The molecule has 3 rings (SSSR count). The highest BCUT2D eigenvalue weighted by Crippen LogP contribution is 2.21. The zero-order valence-corrected chi connectivity index (χ0v) is 14.5. The van der Waals surface area contributed by atoms with Crippen LogP contribution in [0.2, 0.25) is 0 Å². The van der Waals surface area contributed by atoms with Gasteiger partial charge in [0, 0.05) is 31.5 Å². The van der Waals surface area contributed by atoms with Gasteiger partial charge in [0.25, 0.3) is 0 Å². The fraction of sp³-hybridized carbons (Fsp3) is 0.150. The van der Waals surface area contributed by atoms with Crippen LogP contribution in [0.15, 0.2) is 67.0 Å². The first-order valence-corrected chi connectivity index (χ1v) is 8.34. The smallest absolute Gasteiger partial charge is 0.250 e. The van der Waals surface area contributed by atoms with Crippen molar-refractivity contribution in [3.8, 4) is 11.6 Å². The van der Waals surface area contributed by atoms with Crippen LogP contribution in [-0.2, 0) is 6.54 Å². The average Bonchev–Trinajstić information content (AvgIpc) is 2.68. The highest BCUT2D eigenvalue weighted by molar-refractivity contribution is 5.92. The predicted octanol–water partition coefficient (Wildman–Crippen LogP) is 3.39. The fourth-order valence-electron chi connectivity index (χ4n) is 2.49. The lowest BCUT2D eigenvalue weighted by atomic mass is 10.2. The summed E-state index contributed by atoms with van der Waals surface area (Å²) in [5.74, 6) is 1.52. The number of nitrogens with zero attached hydrogens (tertiary/aromatic N) is 3. The molecule has 0 aliphatic rings. The molecule has 3 aromatic rings. The Bertz CT molecular complexity index is 849. The van der Waals surface area contributed by atoms with E-state index in [2.05, 4.69) is 21.8 Å². The van der Waals surface area contributed by atoms with Crippen LogP contribution in [0, 0.1) is 0 Å². The molecule has 0 aliphatic heterocycles. The first kappa shape index (κ1) is 17.4. The van der Waals surface area contributed by atoms with E-state index in [1.165, 1.54) is 6.20 Å². The summed E-state index contributed by atoms with van der Waals surface area (Å²) < 4.78 is 5.69. The summed E-state index contributed by atoms with van der Waals surface area (Å²) in [5, 5.41) is 0. The van der Waals surface area contributed by atoms with Crippen LogP contribution in [0.5, 0.6) is 11.6 Å². The normalized spacial score (nSPS) is 10.3. The number of hydrogen-bond donors (Lipinski definition) is 1. The maximum absolute atomic E-state index is 11.1. The van der Waals surface area contributed by atoms with Crippen molar-refractivity contribution in [3.63, 3.8) is 0 Å². The van der Waals surface area contributed by atoms with Gasteiger partial charge in [0.05, 0.1) is 5.56 Å². The Morgan fingerprint density at radius 1 is 1.08 bits per heavy atom. The van der Waals surface area contributed by atoms with E-state index < -0.39 is 5.91 Å². The third-order valence-electron chi connectivity index (χ3n) is 3.90. The van der Waals surface area contributed by atoms with Crippen molar-refractivity contribution in [2.24, 2.45) is 5.73 Å². The van der Waals surface area contributed by atoms with Crippen LogP contribution < -0.4 is 15.4 Å². The SMILES string of the molecule is CCN(Cc1ccc(Oc2ccc(C(N)=O)cn2)cc1)c1ccccn1. The topological polar surface area (TPSA) is 81.3 Å². The number of anilines is 1. The molecule has 2 aromatic heterocycles. The van der Waals surface area contributed by atoms with Gasteiger partial charge in [-0.3, -0.25) is 4.79 Å². The third-order valence-corrected chi connectivity index (χ3v) is 3.90. The van der Waals surface area contributed by atoms with E-state index >= 15 is 0 Å². The van der Waals surface area contributed by atoms with Crippen LogP contribution in [0.3, 0.4) is 0 Å². The zero-order chi connectivity index (χ0) is 18.4. The quantitative estimate of drug-likeness (QED) is 0.708. The molecule has 0 unspecified atom stereocenters. The molecule has 0 radical (unpaired) electrons. The van der Waals surface area contributed by atoms with Crippen LogP contribution in [0.1, 0.15) is 22.8 Å². The Kier molecular flexibility index (Phi) is 5.43. The summed E-state index contributed by atoms with van der Waals surface area (Å²) in [6.07, 6.45) is 3.20. The number of nitrogens with two attached hydrogens (primary N) is 1. The molecule has 1 aromatic carbocycles. The number of carbonyl (C=O) groups is 1. The minimum Gasteiger partial charge on any atom is -0.439 e. The van der Waals surface area contributed by atoms with Crippen LogP contribution in [-0.4, -0.2) is 22.4 Å². The zero-order valence-electron chi connectivity index (χ0n) is 14.5. The molecule has 0 saturated carbocycles. The van der Waals surface area contributed by atoms with Gasteiger partial charge in [-0.15, -0.1) is 0 Å². The lowest BCUT2D eigenvalue weighted by Gasteiger charge is -2.22. The fourth-order valence-corrected chi connectivity index (χ4v) is 2.49. The molecule has 26 heavy (non-hydrogen) atoms. The van der Waals surface area contributed by atoms with Gasteiger partial charge >= 0.3 is 0 Å². The molecule has 132 valence electrons. The van der Waals surface area contributed by atoms with Crippen molar-refractivity contribution in [2.75, 3.05) is 11.4 Å². The maximum atomic E-state index is 11.1. The molecule has 0 fully saturated rings. The number of rotatable bonds is 7. The van der Waals surface area contributed by atoms with Crippen molar-refractivity contribution in [3.05, 3.63) is 78.1 Å². The Labute approximate surface area is 152 Å². The van der Waals surface area contributed by atoms with E-state index in [9.17, 15) is 4.79 Å². The number of benzene rings is 1. The second-order valence-corrected chi connectivity index (χ2v) is 5.70. The molecule has 2 N–H and O–H groups in total. The highest BCUT2D eigenvalue weighted by Gasteiger charge is 2.07. The molecular weight excluding hydrogens is 328 g/mol. The molecule has 0 saturated heterocycles. The van der Waals surface area contributed by atoms with Crippen LogP contribution >= 0.6 is 0 Å². The Morgan fingerprint density at radius 3 is 2.46 bits per heavy atom. The number of primary amides is 1. The van der Waals surface area contributed by atoms with E-state index in [-0.39, 0.29) is 0 Å². The summed E-state index contributed by atoms with van der Waals surface area (Å²) in [6, 6.07) is 16.9. The largest absolute Gasteiger partial charge is 0.439 e. The van der Waals surface area contributed by atoms with E-state index in [4.69, 9.17) is 10.5 Å². The molecule has 6 heteroatoms. The average molecular weight is 348 g/mol. The molecule has 2 heterocycles. The number of aromatic nitrogens is 2. The second kappa shape index (κ2) is 8.11. The van der Waals surface area contributed by atoms with Gasteiger partial charge in [-0.1, -0.05) is 18.2 Å². The third kappa shape index (κ3) is 4.36. The first-order chi connectivity index (χ1) is 12.7. The van der Waals surface area contributed by atoms with E-state index in [1.54, 1.807) is 18.3 Å². The Morgan fingerprint density at radius 2 is 1.88 bits per heavy atom. The van der Waals surface area contributed by atoms with E-state index in [0.717, 1.165) is 24.5 Å². The van der Waals surface area contributed by atoms with Gasteiger partial charge in [-0.2, -0.15) is 0 Å². The van der Waals surface area contributed by atoms with E-state index in [0.29, 0.717) is 17.2 Å². The number of pyridine rings is 2. The summed E-state index contributed by atoms with van der Waals surface area (Å²) >= 11 is 0. The Balaban J connectivity index is 1.65. The minimum atomic E-state index is -0.512. The molecule has 0 bridgehead atoms. The van der Waals surface area contributed by atoms with Gasteiger partial charge < -0.3 is 15.4 Å². The molecule has 0 aliphatic carbocycles. The highest BCUT2D eigenvalue weighted by atomic mass is 16.5. The monoisotopic (exact) mass is 348 g/mol. The van der Waals surface area contributed by atoms with Gasteiger partial charge in [0.15, 0.2) is 0 Å². The minimum absolute atomic E-state index is 0.349. The maximum Gasteiger partial charge on any atom is 0.250 e. The van der Waals surface area contributed by atoms with E-state index in [1.807, 2.05) is 42.5 Å². The number of carbonyl (C=O) groups excluding carboxylic acids is 1. The first-order valence-electron chi connectivity index (χ1n) is 8.34. The molecule has 0 atom stereocenters. The summed E-state index contributed by atoms with van der Waals surface area (Å²) in [6.45, 7) is 3.73. The van der Waals surface area contributed by atoms with Crippen molar-refractivity contribution in [1.29, 1.82) is 0 Å². The lowest BCUT2D eigenvalue weighted by molar-refractivity contribution is 0.1000. The van der Waals surface area contributed by atoms with Gasteiger partial charge in [-0.05, 0) is 42.8 Å². The van der Waals surface area contributed by atoms with Crippen molar-refractivity contribution < 1.29 is 9.53 Å². The van der Waals surface area contributed by atoms with Crippen LogP contribution in [0.4, 0.5) is 5.82 Å². The molecule has 6 nitrogen and oxygen atoms in total. The van der Waals surface area contributed by atoms with Gasteiger partial charge in [0.2, 0.25) is 11.8 Å². The summed E-state index contributed by atoms with van der Waals surface area (Å²) in [5.41, 5.74) is 6.70. The van der Waals surface area contributed by atoms with Gasteiger partial charge in [0.1, 0.15) is 11.6 Å². The number of amides is 1. The molecular formula is C20H20N4O2. The standard InChI is InChI=1S/C20H20N4O2/c1-2-24(18-5-3-4-12-22-18)14-15-6-9-17(10-7-15)26-19-11-8-16(13-23-19)20(21)25/h3-13H,2,14H2,1H3,(H2,21,25). The second-order valence-electron chi connectivity index (χ2n) is 5.70. The summed E-state index contributed by atoms with van der Waals surface area (Å²) in [4.78, 5) is 21.7. The van der Waals surface area contributed by atoms with Crippen molar-refractivity contribution in [2.45, 2.75) is 13.5 Å². The Hall–Kier alpha value is -3.41.